The van der Waals surface area contributed by atoms with Crippen LogP contribution in [0, 0.1) is 12.3 Å². The third-order valence-electron chi connectivity index (χ3n) is 2.73. The monoisotopic (exact) mass is 299 g/mol. The van der Waals surface area contributed by atoms with Gasteiger partial charge in [0.25, 0.3) is 0 Å². The molecule has 0 saturated heterocycles. The Labute approximate surface area is 111 Å². The Balaban J connectivity index is 2.74. The lowest BCUT2D eigenvalue weighted by Crippen LogP contribution is -2.33. The minimum atomic E-state index is -0.538. The number of ether oxygens (including phenoxy) is 1. The van der Waals surface area contributed by atoms with Gasteiger partial charge in [-0.1, -0.05) is 22.0 Å². The van der Waals surface area contributed by atoms with Crippen LogP contribution >= 0.6 is 15.9 Å². The molecule has 1 rings (SSSR count). The zero-order valence-corrected chi connectivity index (χ0v) is 12.2. The summed E-state index contributed by atoms with van der Waals surface area (Å²) in [5.74, 6) is -0.211. The molecule has 0 unspecified atom stereocenters. The predicted molar refractivity (Wildman–Crippen MR) is 73.2 cm³/mol. The highest BCUT2D eigenvalue weighted by Gasteiger charge is 2.28. The van der Waals surface area contributed by atoms with Gasteiger partial charge in [0.15, 0.2) is 0 Å². The first-order chi connectivity index (χ1) is 7.88. The smallest absolute Gasteiger partial charge is 0.313 e. The molecule has 0 atom stereocenters. The van der Waals surface area contributed by atoms with Crippen molar-refractivity contribution in [2.75, 3.05) is 19.0 Å². The van der Waals surface area contributed by atoms with E-state index in [0.29, 0.717) is 6.54 Å². The van der Waals surface area contributed by atoms with Crippen molar-refractivity contribution in [3.05, 3.63) is 28.2 Å². The van der Waals surface area contributed by atoms with E-state index in [2.05, 4.69) is 21.2 Å². The molecule has 4 heteroatoms. The Kier molecular flexibility index (Phi) is 4.57. The molecule has 1 N–H and O–H groups in total. The van der Waals surface area contributed by atoms with Gasteiger partial charge in [0.1, 0.15) is 0 Å². The van der Waals surface area contributed by atoms with Crippen LogP contribution in [0.25, 0.3) is 0 Å². The van der Waals surface area contributed by atoms with Gasteiger partial charge in [0.2, 0.25) is 0 Å². The molecule has 0 aliphatic carbocycles. The number of benzene rings is 1. The van der Waals surface area contributed by atoms with Crippen LogP contribution in [0.15, 0.2) is 22.7 Å². The molecule has 1 aromatic carbocycles. The van der Waals surface area contributed by atoms with Crippen molar-refractivity contribution >= 4 is 27.6 Å². The fourth-order valence-electron chi connectivity index (χ4n) is 1.46. The summed E-state index contributed by atoms with van der Waals surface area (Å²) in [4.78, 5) is 11.5. The van der Waals surface area contributed by atoms with Gasteiger partial charge in [0, 0.05) is 16.7 Å². The van der Waals surface area contributed by atoms with E-state index in [4.69, 9.17) is 4.74 Å². The van der Waals surface area contributed by atoms with Gasteiger partial charge in [-0.2, -0.15) is 0 Å². The maximum atomic E-state index is 11.5. The van der Waals surface area contributed by atoms with Crippen LogP contribution < -0.4 is 5.32 Å². The highest BCUT2D eigenvalue weighted by Crippen LogP contribution is 2.25. The molecule has 0 bridgehead atoms. The standard InChI is InChI=1S/C13H18BrNO2/c1-9-10(14)6-5-7-11(9)15-8-13(2,3)12(16)17-4/h5-7,15H,8H2,1-4H3. The van der Waals surface area contributed by atoms with Crippen LogP contribution in [0.3, 0.4) is 0 Å². The number of hydrogen-bond acceptors (Lipinski definition) is 3. The Morgan fingerprint density at radius 3 is 2.71 bits per heavy atom. The first kappa shape index (κ1) is 14.0. The summed E-state index contributed by atoms with van der Waals surface area (Å²) in [5.41, 5.74) is 1.62. The van der Waals surface area contributed by atoms with Crippen LogP contribution in [0.5, 0.6) is 0 Å². The van der Waals surface area contributed by atoms with Gasteiger partial charge in [0.05, 0.1) is 12.5 Å². The Morgan fingerprint density at radius 2 is 2.12 bits per heavy atom. The topological polar surface area (TPSA) is 38.3 Å². The third kappa shape index (κ3) is 3.46. The van der Waals surface area contributed by atoms with Crippen LogP contribution in [0.4, 0.5) is 5.69 Å². The van der Waals surface area contributed by atoms with Crippen molar-refractivity contribution in [2.24, 2.45) is 5.41 Å². The zero-order chi connectivity index (χ0) is 13.1. The van der Waals surface area contributed by atoms with E-state index >= 15 is 0 Å². The van der Waals surface area contributed by atoms with E-state index in [1.54, 1.807) is 0 Å². The average Bonchev–Trinajstić information content (AvgIpc) is 2.30. The van der Waals surface area contributed by atoms with E-state index in [-0.39, 0.29) is 5.97 Å². The van der Waals surface area contributed by atoms with Crippen LogP contribution in [-0.2, 0) is 9.53 Å². The lowest BCUT2D eigenvalue weighted by Gasteiger charge is -2.23. The average molecular weight is 300 g/mol. The lowest BCUT2D eigenvalue weighted by molar-refractivity contribution is -0.149. The molecule has 0 saturated carbocycles. The minimum Gasteiger partial charge on any atom is -0.469 e. The number of halogens is 1. The number of esters is 1. The van der Waals surface area contributed by atoms with Crippen molar-refractivity contribution < 1.29 is 9.53 Å². The van der Waals surface area contributed by atoms with Gasteiger partial charge >= 0.3 is 5.97 Å². The van der Waals surface area contributed by atoms with E-state index in [1.165, 1.54) is 7.11 Å². The first-order valence-electron chi connectivity index (χ1n) is 5.46. The number of carbonyl (C=O) groups excluding carboxylic acids is 1. The zero-order valence-electron chi connectivity index (χ0n) is 10.6. The van der Waals surface area contributed by atoms with Gasteiger partial charge in [-0.3, -0.25) is 4.79 Å². The fourth-order valence-corrected chi connectivity index (χ4v) is 1.83. The van der Waals surface area contributed by atoms with Crippen molar-refractivity contribution in [3.8, 4) is 0 Å². The molecule has 3 nitrogen and oxygen atoms in total. The van der Waals surface area contributed by atoms with E-state index < -0.39 is 5.41 Å². The third-order valence-corrected chi connectivity index (χ3v) is 3.59. The molecule has 0 fully saturated rings. The molecule has 0 aliphatic heterocycles. The Hall–Kier alpha value is -1.03. The molecule has 1 aromatic rings. The summed E-state index contributed by atoms with van der Waals surface area (Å²) >= 11 is 3.48. The summed E-state index contributed by atoms with van der Waals surface area (Å²) in [6, 6.07) is 5.95. The SMILES string of the molecule is COC(=O)C(C)(C)CNc1cccc(Br)c1C. The maximum Gasteiger partial charge on any atom is 0.313 e. The molecule has 0 radical (unpaired) electrons. The minimum absolute atomic E-state index is 0.211. The summed E-state index contributed by atoms with van der Waals surface area (Å²) in [5, 5.41) is 3.28. The molecule has 94 valence electrons. The second kappa shape index (κ2) is 5.54. The van der Waals surface area contributed by atoms with Crippen molar-refractivity contribution in [2.45, 2.75) is 20.8 Å². The molecule has 0 amide bonds. The lowest BCUT2D eigenvalue weighted by atomic mass is 9.93. The molecule has 17 heavy (non-hydrogen) atoms. The van der Waals surface area contributed by atoms with E-state index in [1.807, 2.05) is 39.0 Å². The molecule has 0 heterocycles. The summed E-state index contributed by atoms with van der Waals surface area (Å²) in [7, 11) is 1.41. The fraction of sp³-hybridized carbons (Fsp3) is 0.462. The highest BCUT2D eigenvalue weighted by molar-refractivity contribution is 9.10. The van der Waals surface area contributed by atoms with E-state index in [9.17, 15) is 4.79 Å². The first-order valence-corrected chi connectivity index (χ1v) is 6.25. The number of anilines is 1. The van der Waals surface area contributed by atoms with Crippen molar-refractivity contribution in [1.29, 1.82) is 0 Å². The number of nitrogens with one attached hydrogen (secondary N) is 1. The number of methoxy groups -OCH3 is 1. The Morgan fingerprint density at radius 1 is 1.47 bits per heavy atom. The predicted octanol–water partition coefficient (Wildman–Crippen LogP) is 3.37. The molecule has 0 aromatic heterocycles. The Bertz CT molecular complexity index is 416. The van der Waals surface area contributed by atoms with E-state index in [0.717, 1.165) is 15.7 Å². The molecule has 0 aliphatic rings. The molecule has 0 spiro atoms. The number of hydrogen-bond donors (Lipinski definition) is 1. The second-order valence-electron chi connectivity index (χ2n) is 4.64. The van der Waals surface area contributed by atoms with Gasteiger partial charge in [-0.15, -0.1) is 0 Å². The molecular formula is C13H18BrNO2. The summed E-state index contributed by atoms with van der Waals surface area (Å²) in [6.45, 7) is 6.28. The highest BCUT2D eigenvalue weighted by atomic mass is 79.9. The van der Waals surface area contributed by atoms with Gasteiger partial charge in [-0.25, -0.2) is 0 Å². The molecular weight excluding hydrogens is 282 g/mol. The van der Waals surface area contributed by atoms with Crippen LogP contribution in [0.1, 0.15) is 19.4 Å². The quantitative estimate of drug-likeness (QED) is 0.866. The van der Waals surface area contributed by atoms with Crippen molar-refractivity contribution in [3.63, 3.8) is 0 Å². The largest absolute Gasteiger partial charge is 0.469 e. The normalized spacial score (nSPS) is 11.1. The number of rotatable bonds is 4. The van der Waals surface area contributed by atoms with Crippen LogP contribution in [0.2, 0.25) is 0 Å². The van der Waals surface area contributed by atoms with Gasteiger partial charge in [-0.05, 0) is 38.5 Å². The van der Waals surface area contributed by atoms with Crippen molar-refractivity contribution in [1.82, 2.24) is 0 Å². The second-order valence-corrected chi connectivity index (χ2v) is 5.50. The summed E-state index contributed by atoms with van der Waals surface area (Å²) < 4.78 is 5.82. The maximum absolute atomic E-state index is 11.5. The van der Waals surface area contributed by atoms with Gasteiger partial charge < -0.3 is 10.1 Å². The van der Waals surface area contributed by atoms with Crippen LogP contribution in [-0.4, -0.2) is 19.6 Å². The number of carbonyl (C=O) groups is 1. The summed E-state index contributed by atoms with van der Waals surface area (Å²) in [6.07, 6.45) is 0.